The van der Waals surface area contributed by atoms with E-state index < -0.39 is 0 Å². The second kappa shape index (κ2) is 18.9. The summed E-state index contributed by atoms with van der Waals surface area (Å²) in [6, 6.07) is 104. The quantitative estimate of drug-likeness (QED) is 0.118. The number of fused-ring (bicyclic) bond motifs is 23. The smallest absolute Gasteiger partial charge is 0.252 e. The predicted octanol–water partition coefficient (Wildman–Crippen LogP) is 19.2. The van der Waals surface area contributed by atoms with Gasteiger partial charge in [0.05, 0.1) is 33.1 Å². The van der Waals surface area contributed by atoms with E-state index in [4.69, 9.17) is 15.0 Å². The molecule has 7 nitrogen and oxygen atoms in total. The van der Waals surface area contributed by atoms with Crippen LogP contribution in [0.3, 0.4) is 0 Å². The van der Waals surface area contributed by atoms with Crippen LogP contribution in [-0.2, 0) is 10.8 Å². The Morgan fingerprint density at radius 3 is 1.25 bits per heavy atom. The fourth-order valence-corrected chi connectivity index (χ4v) is 17.4. The minimum atomic E-state index is -0.354. The molecule has 0 radical (unpaired) electrons. The zero-order valence-electron chi connectivity index (χ0n) is 52.8. The van der Waals surface area contributed by atoms with Crippen molar-refractivity contribution in [2.75, 3.05) is 0 Å². The van der Waals surface area contributed by atoms with Crippen LogP contribution in [0.2, 0.25) is 0 Å². The van der Waals surface area contributed by atoms with Crippen LogP contribution >= 0.6 is 0 Å². The summed E-state index contributed by atoms with van der Waals surface area (Å²) in [5.74, 6) is 1.66. The average Bonchev–Trinajstić information content (AvgIpc) is 1.55. The van der Waals surface area contributed by atoms with Gasteiger partial charge >= 0.3 is 0 Å². The lowest BCUT2D eigenvalue weighted by atomic mass is 9.34. The van der Waals surface area contributed by atoms with Crippen molar-refractivity contribution >= 4 is 143 Å². The number of nitrogens with zero attached hydrogens (tertiary/aromatic N) is 7. The molecule has 95 heavy (non-hydrogen) atoms. The van der Waals surface area contributed by atoms with Crippen molar-refractivity contribution in [3.05, 3.63) is 301 Å². The highest BCUT2D eigenvalue weighted by molar-refractivity contribution is 7.00. The van der Waals surface area contributed by atoms with Gasteiger partial charge in [0.15, 0.2) is 5.82 Å². The molecule has 2 aliphatic rings. The summed E-state index contributed by atoms with van der Waals surface area (Å²) in [5, 5.41) is 17.0. The fourth-order valence-electron chi connectivity index (χ4n) is 17.4. The van der Waals surface area contributed by atoms with E-state index in [1.54, 1.807) is 0 Å². The molecule has 0 bridgehead atoms. The zero-order chi connectivity index (χ0) is 62.7. The Morgan fingerprint density at radius 1 is 0.274 bits per heavy atom. The maximum atomic E-state index is 5.81. The van der Waals surface area contributed by atoms with Gasteiger partial charge in [-0.15, -0.1) is 0 Å². The van der Waals surface area contributed by atoms with Gasteiger partial charge in [0.2, 0.25) is 11.9 Å². The van der Waals surface area contributed by atoms with Gasteiger partial charge in [-0.25, -0.2) is 0 Å². The van der Waals surface area contributed by atoms with Crippen molar-refractivity contribution < 1.29 is 0 Å². The topological polar surface area (TPSA) is 58.4 Å². The molecule has 5 aromatic heterocycles. The van der Waals surface area contributed by atoms with E-state index >= 15 is 0 Å². The lowest BCUT2D eigenvalue weighted by Gasteiger charge is -2.35. The van der Waals surface area contributed by atoms with Crippen molar-refractivity contribution in [2.45, 2.75) is 38.5 Å². The van der Waals surface area contributed by atoms with Crippen LogP contribution in [0.15, 0.2) is 279 Å². The maximum absolute atomic E-state index is 5.81. The van der Waals surface area contributed by atoms with Crippen LogP contribution in [0, 0.1) is 0 Å². The molecule has 14 aromatic carbocycles. The van der Waals surface area contributed by atoms with Gasteiger partial charge in [-0.3, -0.25) is 9.13 Å². The van der Waals surface area contributed by atoms with Crippen molar-refractivity contribution in [1.29, 1.82) is 0 Å². The van der Waals surface area contributed by atoms with E-state index in [0.717, 1.165) is 71.6 Å². The maximum Gasteiger partial charge on any atom is 0.252 e. The largest absolute Gasteiger partial charge is 0.310 e. The van der Waals surface area contributed by atoms with E-state index in [1.165, 1.54) is 104 Å². The lowest BCUT2D eigenvalue weighted by Crippen LogP contribution is -2.59. The predicted molar refractivity (Wildman–Crippen MR) is 397 cm³/mol. The molecule has 7 heterocycles. The summed E-state index contributed by atoms with van der Waals surface area (Å²) in [5.41, 5.74) is 20.2. The first-order valence-corrected chi connectivity index (χ1v) is 33.1. The second-order valence-electron chi connectivity index (χ2n) is 27.4. The Balaban J connectivity index is 0.935. The molecule has 19 aromatic rings. The molecule has 0 amide bonds. The molecule has 444 valence electrons. The number of aromatic nitrogens is 7. The Kier molecular flexibility index (Phi) is 10.5. The van der Waals surface area contributed by atoms with Gasteiger partial charge in [-0.2, -0.15) is 15.0 Å². The second-order valence-corrected chi connectivity index (χ2v) is 27.4. The average molecular weight is 1210 g/mol. The van der Waals surface area contributed by atoms with Gasteiger partial charge in [0, 0.05) is 87.3 Å². The number of para-hydroxylation sites is 5. The summed E-state index contributed by atoms with van der Waals surface area (Å²) in [4.78, 5) is 17.3. The SMILES string of the molecule is CC(C)(c1ccccc1)c1ccc2c(c1)c1cc(C(C)(C)c3ccccc3)cc3c1n2-c1cc(-c2nc(-n4c5ccccc5c5ccccc54)nc(-n4c5ccccc5c5ccccc54)n2)cc2c1B3c1cccc3c4c5c6ccccc6c6ccccc6c5ccc4n-2c13. The molecule has 0 unspecified atom stereocenters. The third-order valence-electron chi connectivity index (χ3n) is 22.0. The van der Waals surface area contributed by atoms with Crippen molar-refractivity contribution in [3.8, 4) is 34.7 Å². The molecule has 0 saturated heterocycles. The highest BCUT2D eigenvalue weighted by Gasteiger charge is 2.43. The standard InChI is InChI=1S/C87H58BN7/c1-86(2,52-24-7-5-8-25-52)54-42-44-74-66(48-54)67-49-55(87(3,4)53-26-9-6-10-27-53)50-69-82(67)92(74)76-46-51(47-77-80(76)88(69)68-37-23-36-65-79-75(93(77)81(65)68)45-43-64-58-30-12-11-28-56(58)57-29-13-14-35-63(57)78(64)79)83-89-84(94-70-38-19-15-31-59(70)60-32-16-20-39-71(60)94)91-85(90-83)95-72-40-21-17-33-61(72)62-34-18-22-41-73(62)95/h5-50H,1-4H3. The fraction of sp³-hybridized carbons (Fsp3) is 0.0690. The lowest BCUT2D eigenvalue weighted by molar-refractivity contribution is 0.641. The third kappa shape index (κ3) is 7.02. The summed E-state index contributed by atoms with van der Waals surface area (Å²) in [6.07, 6.45) is 0. The van der Waals surface area contributed by atoms with Crippen molar-refractivity contribution in [3.63, 3.8) is 0 Å². The minimum absolute atomic E-state index is 0.163. The normalized spacial score (nSPS) is 13.0. The number of hydrogen-bond acceptors (Lipinski definition) is 3. The molecular formula is C87H58BN7. The Hall–Kier alpha value is -11.9. The molecule has 0 N–H and O–H groups in total. The highest BCUT2D eigenvalue weighted by Crippen LogP contribution is 2.48. The van der Waals surface area contributed by atoms with Crippen molar-refractivity contribution in [1.82, 2.24) is 33.2 Å². The van der Waals surface area contributed by atoms with E-state index in [1.807, 2.05) is 0 Å². The molecule has 0 atom stereocenters. The van der Waals surface area contributed by atoms with Gasteiger partial charge in [0.25, 0.3) is 6.71 Å². The van der Waals surface area contributed by atoms with E-state index in [-0.39, 0.29) is 17.5 Å². The molecule has 8 heteroatoms. The van der Waals surface area contributed by atoms with E-state index in [9.17, 15) is 0 Å². The zero-order valence-corrected chi connectivity index (χ0v) is 52.8. The first-order chi connectivity index (χ1) is 46.7. The summed E-state index contributed by atoms with van der Waals surface area (Å²) < 4.78 is 9.72. The monoisotopic (exact) mass is 1210 g/mol. The van der Waals surface area contributed by atoms with Gasteiger partial charge in [-0.05, 0) is 126 Å². The molecule has 0 spiro atoms. The molecule has 0 aliphatic carbocycles. The number of rotatable bonds is 7. The van der Waals surface area contributed by atoms with Crippen LogP contribution in [0.25, 0.3) is 154 Å². The van der Waals surface area contributed by atoms with Crippen molar-refractivity contribution in [2.24, 2.45) is 0 Å². The first-order valence-electron chi connectivity index (χ1n) is 33.1. The first kappa shape index (κ1) is 52.7. The number of benzene rings is 14. The third-order valence-corrected chi connectivity index (χ3v) is 22.0. The van der Waals surface area contributed by atoms with Crippen LogP contribution in [0.5, 0.6) is 0 Å². The summed E-state index contributed by atoms with van der Waals surface area (Å²) >= 11 is 0. The minimum Gasteiger partial charge on any atom is -0.310 e. The molecule has 21 rings (SSSR count). The Labute approximate surface area is 547 Å². The Bertz CT molecular complexity index is 6330. The molecular weight excluding hydrogens is 1150 g/mol. The highest BCUT2D eigenvalue weighted by atomic mass is 15.3. The van der Waals surface area contributed by atoms with Crippen LogP contribution in [-0.4, -0.2) is 39.9 Å². The summed E-state index contributed by atoms with van der Waals surface area (Å²) in [6.45, 7) is 9.38. The molecule has 0 saturated carbocycles. The van der Waals surface area contributed by atoms with Gasteiger partial charge in [-0.1, -0.05) is 246 Å². The van der Waals surface area contributed by atoms with Crippen LogP contribution < -0.4 is 16.4 Å². The van der Waals surface area contributed by atoms with Crippen LogP contribution in [0.4, 0.5) is 0 Å². The molecule has 2 aliphatic heterocycles. The summed E-state index contributed by atoms with van der Waals surface area (Å²) in [7, 11) is 0. The van der Waals surface area contributed by atoms with E-state index in [0.29, 0.717) is 17.7 Å². The number of hydrogen-bond donors (Lipinski definition) is 0. The van der Waals surface area contributed by atoms with Gasteiger partial charge < -0.3 is 9.13 Å². The van der Waals surface area contributed by atoms with Crippen LogP contribution in [0.1, 0.15) is 49.9 Å². The van der Waals surface area contributed by atoms with E-state index in [2.05, 4.69) is 325 Å². The molecule has 0 fully saturated rings. The Morgan fingerprint density at radius 2 is 0.695 bits per heavy atom. The van der Waals surface area contributed by atoms with Gasteiger partial charge in [0.1, 0.15) is 0 Å².